The molecule has 4 rings (SSSR count). The number of methoxy groups -OCH3 is 2. The Kier molecular flexibility index (Phi) is 6.93. The highest BCUT2D eigenvalue weighted by Gasteiger charge is 2.29. The lowest BCUT2D eigenvalue weighted by Gasteiger charge is -2.23. The Morgan fingerprint density at radius 3 is 2.56 bits per heavy atom. The van der Waals surface area contributed by atoms with Crippen LogP contribution in [-0.2, 0) is 17.9 Å². The van der Waals surface area contributed by atoms with Crippen LogP contribution in [0.1, 0.15) is 28.4 Å². The summed E-state index contributed by atoms with van der Waals surface area (Å²) in [6.45, 7) is 2.38. The number of carbonyl (C=O) groups excluding carboxylic acids is 2. The number of carbonyl (C=O) groups is 2. The van der Waals surface area contributed by atoms with Gasteiger partial charge in [0.15, 0.2) is 6.10 Å². The molecule has 0 spiro atoms. The monoisotopic (exact) mass is 480 g/mol. The maximum absolute atomic E-state index is 13.1. The third kappa shape index (κ3) is 5.10. The smallest absolute Gasteiger partial charge is 0.263 e. The van der Waals surface area contributed by atoms with Gasteiger partial charge in [-0.3, -0.25) is 9.59 Å². The molecule has 1 aliphatic rings. The fraction of sp³-hybridized carbons (Fsp3) is 0.231. The van der Waals surface area contributed by atoms with E-state index in [-0.39, 0.29) is 11.8 Å². The van der Waals surface area contributed by atoms with Crippen LogP contribution in [0.3, 0.4) is 0 Å². The molecule has 7 nitrogen and oxygen atoms in total. The van der Waals surface area contributed by atoms with Crippen LogP contribution in [0.4, 0.5) is 5.69 Å². The normalized spacial score (nSPS) is 15.1. The predicted octanol–water partition coefficient (Wildman–Crippen LogP) is 4.92. The van der Waals surface area contributed by atoms with Crippen LogP contribution in [0.15, 0.2) is 60.7 Å². The van der Waals surface area contributed by atoms with Gasteiger partial charge in [-0.1, -0.05) is 11.6 Å². The van der Waals surface area contributed by atoms with E-state index in [9.17, 15) is 9.59 Å². The highest BCUT2D eigenvalue weighted by Crippen LogP contribution is 2.32. The van der Waals surface area contributed by atoms with Gasteiger partial charge in [-0.25, -0.2) is 0 Å². The first-order chi connectivity index (χ1) is 16.4. The standard InChI is InChI=1S/C26H25ClN2O5/c1-16-26(31)29(14-18-6-10-22(32-2)13-24(18)33-3)15-19-12-21(9-11-23(19)34-16)28-25(30)17-4-7-20(27)8-5-17/h4-13,16H,14-15H2,1-3H3,(H,28,30)/t16-/m1/s1. The van der Waals surface area contributed by atoms with E-state index < -0.39 is 6.10 Å². The second-order valence-corrected chi connectivity index (χ2v) is 8.35. The van der Waals surface area contributed by atoms with Gasteiger partial charge in [-0.05, 0) is 61.5 Å². The van der Waals surface area contributed by atoms with Gasteiger partial charge >= 0.3 is 0 Å². The van der Waals surface area contributed by atoms with Crippen molar-refractivity contribution in [1.29, 1.82) is 0 Å². The van der Waals surface area contributed by atoms with Crippen molar-refractivity contribution in [3.63, 3.8) is 0 Å². The molecular formula is C26H25ClN2O5. The van der Waals surface area contributed by atoms with Crippen LogP contribution in [0.5, 0.6) is 17.2 Å². The Hall–Kier alpha value is -3.71. The average molecular weight is 481 g/mol. The zero-order valence-electron chi connectivity index (χ0n) is 19.1. The summed E-state index contributed by atoms with van der Waals surface area (Å²) in [6.07, 6.45) is -0.653. The summed E-state index contributed by atoms with van der Waals surface area (Å²) in [5.41, 5.74) is 2.73. The Labute approximate surface area is 203 Å². The van der Waals surface area contributed by atoms with Crippen molar-refractivity contribution in [2.24, 2.45) is 0 Å². The lowest BCUT2D eigenvalue weighted by atomic mass is 10.1. The molecule has 0 aromatic heterocycles. The maximum atomic E-state index is 13.1. The summed E-state index contributed by atoms with van der Waals surface area (Å²) in [5.74, 6) is 1.52. The van der Waals surface area contributed by atoms with Crippen molar-refractivity contribution in [3.05, 3.63) is 82.4 Å². The highest BCUT2D eigenvalue weighted by atomic mass is 35.5. The molecule has 3 aromatic carbocycles. The molecule has 3 aromatic rings. The molecule has 1 atom stereocenters. The molecular weight excluding hydrogens is 456 g/mol. The van der Waals surface area contributed by atoms with E-state index >= 15 is 0 Å². The molecule has 0 unspecified atom stereocenters. The summed E-state index contributed by atoms with van der Waals surface area (Å²) < 4.78 is 16.7. The van der Waals surface area contributed by atoms with Gasteiger partial charge in [0.05, 0.1) is 14.2 Å². The van der Waals surface area contributed by atoms with Gasteiger partial charge in [-0.2, -0.15) is 0 Å². The zero-order valence-corrected chi connectivity index (χ0v) is 19.9. The number of halogens is 1. The molecule has 0 saturated heterocycles. The van der Waals surface area contributed by atoms with Crippen LogP contribution < -0.4 is 19.5 Å². The number of rotatable bonds is 6. The molecule has 2 amide bonds. The third-order valence-electron chi connectivity index (χ3n) is 5.60. The largest absolute Gasteiger partial charge is 0.497 e. The summed E-state index contributed by atoms with van der Waals surface area (Å²) in [4.78, 5) is 27.4. The fourth-order valence-corrected chi connectivity index (χ4v) is 3.93. The molecule has 176 valence electrons. The van der Waals surface area contributed by atoms with Crippen molar-refractivity contribution in [2.75, 3.05) is 19.5 Å². The number of benzene rings is 3. The van der Waals surface area contributed by atoms with Crippen LogP contribution >= 0.6 is 11.6 Å². The van der Waals surface area contributed by atoms with Crippen molar-refractivity contribution in [3.8, 4) is 17.2 Å². The molecule has 1 N–H and O–H groups in total. The van der Waals surface area contributed by atoms with E-state index in [0.717, 1.165) is 11.1 Å². The molecule has 0 aliphatic carbocycles. The van der Waals surface area contributed by atoms with Crippen LogP contribution in [0, 0.1) is 0 Å². The first-order valence-electron chi connectivity index (χ1n) is 10.7. The molecule has 0 radical (unpaired) electrons. The number of anilines is 1. The van der Waals surface area contributed by atoms with Gasteiger partial charge in [-0.15, -0.1) is 0 Å². The van der Waals surface area contributed by atoms with E-state index in [1.807, 2.05) is 18.2 Å². The summed E-state index contributed by atoms with van der Waals surface area (Å²) in [7, 11) is 3.17. The second kappa shape index (κ2) is 10.1. The van der Waals surface area contributed by atoms with Crippen molar-refractivity contribution >= 4 is 29.1 Å². The lowest BCUT2D eigenvalue weighted by Crippen LogP contribution is -2.37. The quantitative estimate of drug-likeness (QED) is 0.542. The summed E-state index contributed by atoms with van der Waals surface area (Å²) in [6, 6.07) is 17.5. The highest BCUT2D eigenvalue weighted by molar-refractivity contribution is 6.30. The number of nitrogens with zero attached hydrogens (tertiary/aromatic N) is 1. The third-order valence-corrected chi connectivity index (χ3v) is 5.86. The van der Waals surface area contributed by atoms with Gasteiger partial charge in [0, 0.05) is 46.6 Å². The predicted molar refractivity (Wildman–Crippen MR) is 130 cm³/mol. The van der Waals surface area contributed by atoms with Gasteiger partial charge in [0.2, 0.25) is 0 Å². The summed E-state index contributed by atoms with van der Waals surface area (Å²) in [5, 5.41) is 3.45. The van der Waals surface area contributed by atoms with Crippen LogP contribution in [0.25, 0.3) is 0 Å². The number of fused-ring (bicyclic) bond motifs is 1. The topological polar surface area (TPSA) is 77.1 Å². The Morgan fingerprint density at radius 1 is 1.09 bits per heavy atom. The summed E-state index contributed by atoms with van der Waals surface area (Å²) >= 11 is 5.91. The number of ether oxygens (including phenoxy) is 3. The zero-order chi connectivity index (χ0) is 24.2. The Morgan fingerprint density at radius 2 is 1.85 bits per heavy atom. The second-order valence-electron chi connectivity index (χ2n) is 7.92. The Bertz CT molecular complexity index is 1210. The van der Waals surface area contributed by atoms with Gasteiger partial charge < -0.3 is 24.4 Å². The molecule has 1 heterocycles. The van der Waals surface area contributed by atoms with Crippen molar-refractivity contribution in [2.45, 2.75) is 26.1 Å². The minimum Gasteiger partial charge on any atom is -0.497 e. The molecule has 0 saturated carbocycles. The van der Waals surface area contributed by atoms with E-state index in [4.69, 9.17) is 25.8 Å². The average Bonchev–Trinajstić information content (AvgIpc) is 2.95. The molecule has 0 fully saturated rings. The molecule has 0 bridgehead atoms. The Balaban J connectivity index is 1.58. The van der Waals surface area contributed by atoms with Crippen LogP contribution in [-0.4, -0.2) is 37.0 Å². The number of hydrogen-bond donors (Lipinski definition) is 1. The molecule has 34 heavy (non-hydrogen) atoms. The number of hydrogen-bond acceptors (Lipinski definition) is 5. The maximum Gasteiger partial charge on any atom is 0.263 e. The molecule has 1 aliphatic heterocycles. The van der Waals surface area contributed by atoms with Crippen LogP contribution in [0.2, 0.25) is 5.02 Å². The SMILES string of the molecule is COc1ccc(CN2Cc3cc(NC(=O)c4ccc(Cl)cc4)ccc3O[C@H](C)C2=O)c(OC)c1. The fourth-order valence-electron chi connectivity index (χ4n) is 3.80. The van der Waals surface area contributed by atoms with Gasteiger partial charge in [0.25, 0.3) is 11.8 Å². The van der Waals surface area contributed by atoms with Crippen molar-refractivity contribution in [1.82, 2.24) is 4.90 Å². The first kappa shape index (κ1) is 23.4. The van der Waals surface area contributed by atoms with E-state index in [1.54, 1.807) is 68.5 Å². The minimum absolute atomic E-state index is 0.138. The van der Waals surface area contributed by atoms with E-state index in [2.05, 4.69) is 5.32 Å². The molecule has 8 heteroatoms. The van der Waals surface area contributed by atoms with Gasteiger partial charge in [0.1, 0.15) is 17.2 Å². The first-order valence-corrected chi connectivity index (χ1v) is 11.1. The number of amides is 2. The van der Waals surface area contributed by atoms with Crippen molar-refractivity contribution < 1.29 is 23.8 Å². The van der Waals surface area contributed by atoms with E-state index in [0.29, 0.717) is 46.6 Å². The lowest BCUT2D eigenvalue weighted by molar-refractivity contribution is -0.138. The number of nitrogens with one attached hydrogen (secondary N) is 1. The van der Waals surface area contributed by atoms with E-state index in [1.165, 1.54) is 0 Å². The minimum atomic E-state index is -0.653.